The van der Waals surface area contributed by atoms with Crippen LogP contribution in [0.4, 0.5) is 18.9 Å². The molecule has 2 fully saturated rings. The fourth-order valence-electron chi connectivity index (χ4n) is 3.85. The van der Waals surface area contributed by atoms with E-state index in [4.69, 9.17) is 4.74 Å². The van der Waals surface area contributed by atoms with E-state index in [2.05, 4.69) is 0 Å². The zero-order chi connectivity index (χ0) is 17.3. The van der Waals surface area contributed by atoms with Crippen molar-refractivity contribution < 1.29 is 32.6 Å². The quantitative estimate of drug-likeness (QED) is 0.838. The molecule has 0 aliphatic carbocycles. The van der Waals surface area contributed by atoms with Crippen LogP contribution in [-0.4, -0.2) is 35.2 Å². The van der Waals surface area contributed by atoms with Gasteiger partial charge in [-0.15, -0.1) is 0 Å². The molecule has 0 saturated carbocycles. The topological polar surface area (TPSA) is 66.8 Å². The average molecular weight is 339 g/mol. The van der Waals surface area contributed by atoms with Gasteiger partial charge in [-0.05, 0) is 18.2 Å². The van der Waals surface area contributed by atoms with Crippen LogP contribution in [0.25, 0.3) is 0 Å². The highest BCUT2D eigenvalue weighted by atomic mass is 19.4. The molecule has 24 heavy (non-hydrogen) atoms. The van der Waals surface area contributed by atoms with Gasteiger partial charge in [0.2, 0.25) is 5.91 Å². The van der Waals surface area contributed by atoms with E-state index in [1.54, 1.807) is 12.2 Å². The third-order valence-corrected chi connectivity index (χ3v) is 4.87. The number of anilines is 1. The summed E-state index contributed by atoms with van der Waals surface area (Å²) in [5.41, 5.74) is -1.85. The number of alkyl halides is 3. The van der Waals surface area contributed by atoms with Crippen molar-refractivity contribution in [3.63, 3.8) is 0 Å². The third kappa shape index (κ3) is 1.92. The van der Waals surface area contributed by atoms with Crippen LogP contribution in [0.2, 0.25) is 0 Å². The van der Waals surface area contributed by atoms with E-state index in [1.165, 1.54) is 17.0 Å². The maximum Gasteiger partial charge on any atom is 0.416 e. The molecule has 0 unspecified atom stereocenters. The van der Waals surface area contributed by atoms with E-state index in [0.717, 1.165) is 12.1 Å². The lowest BCUT2D eigenvalue weighted by molar-refractivity contribution is -0.146. The SMILES string of the molecule is O=C(O)[C@H]1[C@H]2C(=O)N(c3cccc(C(F)(F)F)c3)C[C@@]23C=C[C@H]1O3. The second-order valence-corrected chi connectivity index (χ2v) is 6.21. The Kier molecular flexibility index (Phi) is 2.91. The van der Waals surface area contributed by atoms with Crippen LogP contribution in [-0.2, 0) is 20.5 Å². The highest BCUT2D eigenvalue weighted by Gasteiger charge is 2.67. The Bertz CT molecular complexity index is 775. The number of carbonyl (C=O) groups is 2. The van der Waals surface area contributed by atoms with Gasteiger partial charge < -0.3 is 14.7 Å². The number of halogens is 3. The number of fused-ring (bicyclic) bond motifs is 1. The predicted octanol–water partition coefficient (Wildman–Crippen LogP) is 2.08. The smallest absolute Gasteiger partial charge is 0.416 e. The maximum atomic E-state index is 12.9. The van der Waals surface area contributed by atoms with E-state index in [-0.39, 0.29) is 12.2 Å². The van der Waals surface area contributed by atoms with Crippen LogP contribution in [0.1, 0.15) is 5.56 Å². The molecule has 1 aromatic rings. The average Bonchev–Trinajstić information content (AvgIpc) is 3.15. The van der Waals surface area contributed by atoms with Gasteiger partial charge in [0.1, 0.15) is 11.5 Å². The minimum atomic E-state index is -4.52. The predicted molar refractivity (Wildman–Crippen MR) is 75.2 cm³/mol. The Hall–Kier alpha value is -2.35. The molecule has 3 heterocycles. The minimum Gasteiger partial charge on any atom is -0.481 e. The lowest BCUT2D eigenvalue weighted by Crippen LogP contribution is -2.39. The van der Waals surface area contributed by atoms with E-state index in [9.17, 15) is 27.9 Å². The summed E-state index contributed by atoms with van der Waals surface area (Å²) in [7, 11) is 0. The zero-order valence-corrected chi connectivity index (χ0v) is 12.2. The van der Waals surface area contributed by atoms with Crippen molar-refractivity contribution in [1.29, 1.82) is 0 Å². The van der Waals surface area contributed by atoms with Crippen LogP contribution >= 0.6 is 0 Å². The van der Waals surface area contributed by atoms with E-state index < -0.39 is 47.2 Å². The molecule has 4 atom stereocenters. The summed E-state index contributed by atoms with van der Waals surface area (Å²) in [5, 5.41) is 9.37. The van der Waals surface area contributed by atoms with Gasteiger partial charge in [0.25, 0.3) is 0 Å². The number of amides is 1. The summed E-state index contributed by atoms with van der Waals surface area (Å²) in [6, 6.07) is 4.43. The van der Waals surface area contributed by atoms with Crippen LogP contribution in [0.3, 0.4) is 0 Å². The Morgan fingerprint density at radius 3 is 2.79 bits per heavy atom. The molecular weight excluding hydrogens is 327 g/mol. The first kappa shape index (κ1) is 15.2. The number of carboxylic acids is 1. The normalized spacial score (nSPS) is 34.0. The number of ether oxygens (including phenoxy) is 1. The number of rotatable bonds is 2. The number of carbonyl (C=O) groups excluding carboxylic acids is 1. The van der Waals surface area contributed by atoms with Crippen LogP contribution < -0.4 is 4.90 Å². The first-order valence-electron chi connectivity index (χ1n) is 7.32. The van der Waals surface area contributed by atoms with Crippen molar-refractivity contribution in [2.24, 2.45) is 11.8 Å². The minimum absolute atomic E-state index is 0.00852. The monoisotopic (exact) mass is 339 g/mol. The van der Waals surface area contributed by atoms with Gasteiger partial charge in [0.15, 0.2) is 0 Å². The summed E-state index contributed by atoms with van der Waals surface area (Å²) < 4.78 is 44.3. The highest BCUT2D eigenvalue weighted by molar-refractivity contribution is 6.02. The second-order valence-electron chi connectivity index (χ2n) is 6.21. The molecule has 1 aromatic carbocycles. The molecule has 0 aromatic heterocycles. The molecule has 0 radical (unpaired) electrons. The molecule has 5 nitrogen and oxygen atoms in total. The van der Waals surface area contributed by atoms with Gasteiger partial charge in [-0.2, -0.15) is 13.2 Å². The van der Waals surface area contributed by atoms with Crippen LogP contribution in [0.5, 0.6) is 0 Å². The molecule has 8 heteroatoms. The van der Waals surface area contributed by atoms with Crippen LogP contribution in [0, 0.1) is 11.8 Å². The first-order valence-corrected chi connectivity index (χ1v) is 7.32. The summed E-state index contributed by atoms with van der Waals surface area (Å²) in [4.78, 5) is 25.4. The number of nitrogens with zero attached hydrogens (tertiary/aromatic N) is 1. The van der Waals surface area contributed by atoms with Crippen LogP contribution in [0.15, 0.2) is 36.4 Å². The Morgan fingerprint density at radius 1 is 1.38 bits per heavy atom. The molecule has 1 amide bonds. The zero-order valence-electron chi connectivity index (χ0n) is 12.2. The highest BCUT2D eigenvalue weighted by Crippen LogP contribution is 2.52. The van der Waals surface area contributed by atoms with Crippen molar-refractivity contribution in [3.8, 4) is 0 Å². The molecule has 3 aliphatic heterocycles. The van der Waals surface area contributed by atoms with Gasteiger partial charge in [0.05, 0.1) is 24.1 Å². The van der Waals surface area contributed by atoms with Crippen molar-refractivity contribution in [3.05, 3.63) is 42.0 Å². The largest absolute Gasteiger partial charge is 0.481 e. The second kappa shape index (κ2) is 4.60. The van der Waals surface area contributed by atoms with Gasteiger partial charge in [0, 0.05) is 5.69 Å². The lowest BCUT2D eigenvalue weighted by Gasteiger charge is -2.22. The summed E-state index contributed by atoms with van der Waals surface area (Å²) in [6.07, 6.45) is -1.92. The fraction of sp³-hybridized carbons (Fsp3) is 0.375. The molecule has 126 valence electrons. The van der Waals surface area contributed by atoms with E-state index in [1.807, 2.05) is 0 Å². The maximum absolute atomic E-state index is 12.9. The van der Waals surface area contributed by atoms with Crippen molar-refractivity contribution in [1.82, 2.24) is 0 Å². The standard InChI is InChI=1S/C16H12F3NO4/c17-16(18,19)8-2-1-3-9(6-8)20-7-15-5-4-10(24-15)11(14(22)23)12(15)13(20)21/h1-6,10-12H,7H2,(H,22,23)/t10-,11-,12+,15+/m1/s1. The molecular formula is C16H12F3NO4. The fourth-order valence-corrected chi connectivity index (χ4v) is 3.85. The van der Waals surface area contributed by atoms with Crippen molar-refractivity contribution in [2.75, 3.05) is 11.4 Å². The van der Waals surface area contributed by atoms with Gasteiger partial charge in [-0.1, -0.05) is 18.2 Å². The Labute approximate surface area is 134 Å². The first-order chi connectivity index (χ1) is 11.2. The van der Waals surface area contributed by atoms with Gasteiger partial charge >= 0.3 is 12.1 Å². The van der Waals surface area contributed by atoms with E-state index >= 15 is 0 Å². The van der Waals surface area contributed by atoms with Crippen molar-refractivity contribution >= 4 is 17.6 Å². The summed E-state index contributed by atoms with van der Waals surface area (Å²) in [5.74, 6) is -3.60. The summed E-state index contributed by atoms with van der Waals surface area (Å²) >= 11 is 0. The third-order valence-electron chi connectivity index (χ3n) is 4.87. The molecule has 1 N–H and O–H groups in total. The molecule has 2 saturated heterocycles. The number of aliphatic carboxylic acids is 1. The number of hydrogen-bond donors (Lipinski definition) is 1. The molecule has 2 bridgehead atoms. The number of hydrogen-bond acceptors (Lipinski definition) is 3. The number of carboxylic acid groups (broad SMARTS) is 1. The molecule has 4 rings (SSSR count). The van der Waals surface area contributed by atoms with Gasteiger partial charge in [-0.3, -0.25) is 9.59 Å². The van der Waals surface area contributed by atoms with Crippen molar-refractivity contribution in [2.45, 2.75) is 17.9 Å². The number of benzene rings is 1. The van der Waals surface area contributed by atoms with Gasteiger partial charge in [-0.25, -0.2) is 0 Å². The molecule has 3 aliphatic rings. The Balaban J connectivity index is 1.72. The summed E-state index contributed by atoms with van der Waals surface area (Å²) in [6.45, 7) is 0.00852. The lowest BCUT2D eigenvalue weighted by atomic mass is 9.77. The molecule has 1 spiro atoms. The van der Waals surface area contributed by atoms with E-state index in [0.29, 0.717) is 0 Å². The Morgan fingerprint density at radius 2 is 2.12 bits per heavy atom.